The summed E-state index contributed by atoms with van der Waals surface area (Å²) in [4.78, 5) is 14.4. The molecule has 2 aromatic rings. The van der Waals surface area contributed by atoms with E-state index < -0.39 is 4.92 Å². The molecule has 5 nitrogen and oxygen atoms in total. The number of non-ortho nitro benzene ring substituents is 1. The molecule has 0 N–H and O–H groups in total. The Morgan fingerprint density at radius 1 is 1.19 bits per heavy atom. The molecule has 0 bridgehead atoms. The first-order valence-corrected chi connectivity index (χ1v) is 6.48. The van der Waals surface area contributed by atoms with Crippen LogP contribution in [0.5, 0.6) is 0 Å². The van der Waals surface area contributed by atoms with E-state index in [1.165, 1.54) is 12.1 Å². The lowest BCUT2D eigenvalue weighted by Gasteiger charge is -1.95. The first-order valence-electron chi connectivity index (χ1n) is 6.48. The predicted octanol–water partition coefficient (Wildman–Crippen LogP) is 4.24. The van der Waals surface area contributed by atoms with E-state index in [-0.39, 0.29) is 5.69 Å². The number of hydrogen-bond acceptors (Lipinski definition) is 4. The highest BCUT2D eigenvalue weighted by atomic mass is 16.6. The van der Waals surface area contributed by atoms with Crippen molar-refractivity contribution in [1.82, 2.24) is 0 Å². The number of nitro groups is 1. The van der Waals surface area contributed by atoms with Crippen molar-refractivity contribution in [2.24, 2.45) is 4.99 Å². The van der Waals surface area contributed by atoms with Crippen LogP contribution in [-0.4, -0.2) is 11.1 Å². The quantitative estimate of drug-likeness (QED) is 0.479. The van der Waals surface area contributed by atoms with Gasteiger partial charge in [-0.25, -0.2) is 0 Å². The van der Waals surface area contributed by atoms with Gasteiger partial charge >= 0.3 is 0 Å². The smallest absolute Gasteiger partial charge is 0.258 e. The van der Waals surface area contributed by atoms with E-state index in [1.807, 2.05) is 19.9 Å². The van der Waals surface area contributed by atoms with Gasteiger partial charge in [0.2, 0.25) is 0 Å². The Kier molecular flexibility index (Phi) is 6.29. The topological polar surface area (TPSA) is 79.3 Å². The van der Waals surface area contributed by atoms with Gasteiger partial charge in [0.05, 0.1) is 22.2 Å². The van der Waals surface area contributed by atoms with Crippen molar-refractivity contribution >= 4 is 17.6 Å². The monoisotopic (exact) mass is 281 g/mol. The summed E-state index contributed by atoms with van der Waals surface area (Å²) in [5.74, 6) is 0. The van der Waals surface area contributed by atoms with E-state index in [1.54, 1.807) is 42.6 Å². The zero-order valence-electron chi connectivity index (χ0n) is 11.9. The summed E-state index contributed by atoms with van der Waals surface area (Å²) in [5.41, 5.74) is 1.93. The summed E-state index contributed by atoms with van der Waals surface area (Å²) in [6.45, 7) is 4.00. The average molecular weight is 281 g/mol. The largest absolute Gasteiger partial charge is 0.270 e. The summed E-state index contributed by atoms with van der Waals surface area (Å²) in [5, 5.41) is 19.3. The van der Waals surface area contributed by atoms with E-state index in [2.05, 4.69) is 4.99 Å². The highest BCUT2D eigenvalue weighted by Crippen LogP contribution is 2.15. The fraction of sp³-hybridized carbons (Fsp3) is 0.125. The van der Waals surface area contributed by atoms with E-state index in [0.29, 0.717) is 16.8 Å². The van der Waals surface area contributed by atoms with Crippen molar-refractivity contribution in [2.45, 2.75) is 13.8 Å². The zero-order chi connectivity index (χ0) is 15.7. The highest BCUT2D eigenvalue weighted by molar-refractivity contribution is 5.82. The molecule has 2 rings (SSSR count). The second kappa shape index (κ2) is 8.23. The minimum atomic E-state index is -0.445. The Labute approximate surface area is 123 Å². The minimum absolute atomic E-state index is 0.0313. The van der Waals surface area contributed by atoms with E-state index in [4.69, 9.17) is 5.26 Å². The van der Waals surface area contributed by atoms with Gasteiger partial charge in [-0.15, -0.1) is 0 Å². The van der Waals surface area contributed by atoms with Crippen molar-refractivity contribution in [3.05, 3.63) is 69.8 Å². The van der Waals surface area contributed by atoms with Crippen LogP contribution in [0.15, 0.2) is 53.5 Å². The number of nitro benzene ring substituents is 1. The molecule has 0 aliphatic carbocycles. The van der Waals surface area contributed by atoms with Crippen LogP contribution in [0, 0.1) is 21.4 Å². The van der Waals surface area contributed by atoms with Gasteiger partial charge in [0.25, 0.3) is 5.69 Å². The number of nitriles is 1. The van der Waals surface area contributed by atoms with Crippen LogP contribution < -0.4 is 0 Å². The van der Waals surface area contributed by atoms with E-state index in [9.17, 15) is 10.1 Å². The minimum Gasteiger partial charge on any atom is -0.258 e. The third-order valence-electron chi connectivity index (χ3n) is 2.44. The average Bonchev–Trinajstić information content (AvgIpc) is 2.55. The lowest BCUT2D eigenvalue weighted by Crippen LogP contribution is -1.89. The lowest BCUT2D eigenvalue weighted by molar-refractivity contribution is -0.384. The molecule has 0 aliphatic rings. The molecule has 0 spiro atoms. The van der Waals surface area contributed by atoms with Crippen LogP contribution in [0.4, 0.5) is 11.4 Å². The second-order valence-corrected chi connectivity index (χ2v) is 3.77. The second-order valence-electron chi connectivity index (χ2n) is 3.77. The molecule has 5 heteroatoms. The first kappa shape index (κ1) is 16.1. The maximum atomic E-state index is 10.6. The molecule has 0 saturated carbocycles. The molecule has 0 saturated heterocycles. The molecule has 0 aromatic heterocycles. The Bertz CT molecular complexity index is 671. The van der Waals surface area contributed by atoms with Crippen LogP contribution in [-0.2, 0) is 0 Å². The molecule has 2 aromatic carbocycles. The van der Waals surface area contributed by atoms with E-state index in [0.717, 1.165) is 0 Å². The molecule has 21 heavy (non-hydrogen) atoms. The lowest BCUT2D eigenvalue weighted by atomic mass is 10.2. The maximum absolute atomic E-state index is 10.6. The van der Waals surface area contributed by atoms with Crippen molar-refractivity contribution in [2.75, 3.05) is 0 Å². The maximum Gasteiger partial charge on any atom is 0.270 e. The van der Waals surface area contributed by atoms with Crippen LogP contribution in [0.25, 0.3) is 0 Å². The predicted molar refractivity (Wildman–Crippen MR) is 82.9 cm³/mol. The van der Waals surface area contributed by atoms with Gasteiger partial charge in [0.15, 0.2) is 0 Å². The normalized spacial score (nSPS) is 9.57. The molecule has 106 valence electrons. The Morgan fingerprint density at radius 3 is 2.43 bits per heavy atom. The number of aliphatic imine (C=N–C) groups is 1. The number of hydrogen-bond donors (Lipinski definition) is 0. The molecule has 0 unspecified atom stereocenters. The van der Waals surface area contributed by atoms with Crippen molar-refractivity contribution in [1.29, 1.82) is 5.26 Å². The zero-order valence-corrected chi connectivity index (χ0v) is 11.9. The molecule has 0 radical (unpaired) electrons. The number of benzene rings is 2. The molecular formula is C16H15N3O2. The van der Waals surface area contributed by atoms with Gasteiger partial charge in [-0.2, -0.15) is 5.26 Å². The summed E-state index contributed by atoms with van der Waals surface area (Å²) < 4.78 is 0. The Balaban J connectivity index is 0.00000106. The summed E-state index contributed by atoms with van der Waals surface area (Å²) in [6, 6.07) is 15.0. The molecule has 0 amide bonds. The van der Waals surface area contributed by atoms with Crippen molar-refractivity contribution in [3.63, 3.8) is 0 Å². The molecule has 0 fully saturated rings. The Hall–Kier alpha value is -3.00. The first-order chi connectivity index (χ1) is 10.2. The van der Waals surface area contributed by atoms with Crippen LogP contribution >= 0.6 is 0 Å². The summed E-state index contributed by atoms with van der Waals surface area (Å²) in [6.07, 6.45) is 1.55. The molecule has 0 aliphatic heterocycles. The van der Waals surface area contributed by atoms with Gasteiger partial charge < -0.3 is 0 Å². The SMILES string of the molecule is CC.N#Cc1ccc(N=Cc2cccc([N+](=O)[O-])c2)cc1. The van der Waals surface area contributed by atoms with Crippen LogP contribution in [0.3, 0.4) is 0 Å². The molecule has 0 heterocycles. The third-order valence-corrected chi connectivity index (χ3v) is 2.44. The van der Waals surface area contributed by atoms with Gasteiger partial charge in [-0.05, 0) is 29.8 Å². The molecular weight excluding hydrogens is 266 g/mol. The fourth-order valence-electron chi connectivity index (χ4n) is 1.49. The number of rotatable bonds is 3. The van der Waals surface area contributed by atoms with Crippen LogP contribution in [0.1, 0.15) is 25.0 Å². The highest BCUT2D eigenvalue weighted by Gasteiger charge is 2.03. The number of nitrogens with zero attached hydrogens (tertiary/aromatic N) is 3. The summed E-state index contributed by atoms with van der Waals surface area (Å²) in [7, 11) is 0. The standard InChI is InChI=1S/C14H9N3O2.C2H6/c15-9-11-4-6-13(7-5-11)16-10-12-2-1-3-14(8-12)17(18)19;1-2/h1-8,10H;1-2H3. The summed E-state index contributed by atoms with van der Waals surface area (Å²) >= 11 is 0. The third kappa shape index (κ3) is 4.88. The van der Waals surface area contributed by atoms with Gasteiger partial charge in [-0.3, -0.25) is 15.1 Å². The van der Waals surface area contributed by atoms with Crippen LogP contribution in [0.2, 0.25) is 0 Å². The van der Waals surface area contributed by atoms with Gasteiger partial charge in [0.1, 0.15) is 0 Å². The van der Waals surface area contributed by atoms with Gasteiger partial charge in [-0.1, -0.05) is 26.0 Å². The van der Waals surface area contributed by atoms with E-state index >= 15 is 0 Å². The fourth-order valence-corrected chi connectivity index (χ4v) is 1.49. The van der Waals surface area contributed by atoms with Crippen molar-refractivity contribution < 1.29 is 4.92 Å². The molecule has 0 atom stereocenters. The Morgan fingerprint density at radius 2 is 1.86 bits per heavy atom. The van der Waals surface area contributed by atoms with Gasteiger partial charge in [0, 0.05) is 18.3 Å². The van der Waals surface area contributed by atoms with Crippen molar-refractivity contribution in [3.8, 4) is 6.07 Å².